The van der Waals surface area contributed by atoms with E-state index < -0.39 is 5.41 Å². The van der Waals surface area contributed by atoms with E-state index in [1.54, 1.807) is 0 Å². The molecule has 3 nitrogen and oxygen atoms in total. The maximum Gasteiger partial charge on any atom is 0.316 e. The molecule has 0 saturated heterocycles. The van der Waals surface area contributed by atoms with Crippen LogP contribution in [-0.2, 0) is 10.2 Å². The predicted molar refractivity (Wildman–Crippen MR) is 176 cm³/mol. The molecule has 2 fully saturated rings. The van der Waals surface area contributed by atoms with E-state index in [9.17, 15) is 4.79 Å². The SMILES string of the molecule is CCCC(C)(C)C(=O)Oc1ccc(C(C)(C)c2ccc(OC(C)(C)CC)c(C3CCCCC3)c2)cc1C1CCCCC1. The summed E-state index contributed by atoms with van der Waals surface area (Å²) in [6.07, 6.45) is 15.3. The molecule has 0 spiro atoms. The minimum Gasteiger partial charge on any atom is -0.488 e. The molecule has 2 aliphatic rings. The first-order chi connectivity index (χ1) is 19.9. The Labute approximate surface area is 257 Å². The van der Waals surface area contributed by atoms with E-state index in [0.717, 1.165) is 43.6 Å². The Morgan fingerprint density at radius 3 is 1.67 bits per heavy atom. The standard InChI is InChI=1S/C39H58O3/c1-9-25-37(3,4)36(40)41-34-23-21-30(26-32(34)28-17-13-11-14-18-28)39(7,8)31-22-24-35(42-38(5,6)10-2)33(27-31)29-19-15-12-16-20-29/h21-24,26-29H,9-20,25H2,1-8H3. The van der Waals surface area contributed by atoms with Crippen molar-refractivity contribution in [2.75, 3.05) is 0 Å². The second kappa shape index (κ2) is 13.6. The third kappa shape index (κ3) is 7.61. The smallest absolute Gasteiger partial charge is 0.316 e. The number of hydrogen-bond donors (Lipinski definition) is 0. The molecule has 0 radical (unpaired) electrons. The highest BCUT2D eigenvalue weighted by atomic mass is 16.5. The van der Waals surface area contributed by atoms with Crippen LogP contribution in [0.2, 0.25) is 0 Å². The van der Waals surface area contributed by atoms with Gasteiger partial charge in [0.1, 0.15) is 17.1 Å². The molecule has 0 N–H and O–H groups in total. The molecule has 2 saturated carbocycles. The lowest BCUT2D eigenvalue weighted by molar-refractivity contribution is -0.144. The van der Waals surface area contributed by atoms with Crippen molar-refractivity contribution in [1.29, 1.82) is 0 Å². The number of carbonyl (C=O) groups is 1. The van der Waals surface area contributed by atoms with E-state index in [0.29, 0.717) is 11.8 Å². The van der Waals surface area contributed by atoms with Gasteiger partial charge in [-0.15, -0.1) is 0 Å². The van der Waals surface area contributed by atoms with Crippen molar-refractivity contribution in [1.82, 2.24) is 0 Å². The van der Waals surface area contributed by atoms with Crippen molar-refractivity contribution in [3.63, 3.8) is 0 Å². The van der Waals surface area contributed by atoms with Gasteiger partial charge in [-0.25, -0.2) is 0 Å². The Balaban J connectivity index is 1.73. The summed E-state index contributed by atoms with van der Waals surface area (Å²) >= 11 is 0. The van der Waals surface area contributed by atoms with Crippen LogP contribution in [0, 0.1) is 5.41 Å². The highest BCUT2D eigenvalue weighted by molar-refractivity contribution is 5.78. The van der Waals surface area contributed by atoms with E-state index in [1.807, 2.05) is 13.8 Å². The van der Waals surface area contributed by atoms with E-state index in [2.05, 4.69) is 77.9 Å². The number of hydrogen-bond acceptors (Lipinski definition) is 3. The van der Waals surface area contributed by atoms with Crippen LogP contribution < -0.4 is 9.47 Å². The monoisotopic (exact) mass is 574 g/mol. The molecule has 2 aliphatic carbocycles. The van der Waals surface area contributed by atoms with Gasteiger partial charge in [-0.1, -0.05) is 96.9 Å². The highest BCUT2D eigenvalue weighted by Crippen LogP contribution is 2.45. The Kier molecular flexibility index (Phi) is 10.5. The molecule has 2 aromatic rings. The quantitative estimate of drug-likeness (QED) is 0.198. The summed E-state index contributed by atoms with van der Waals surface area (Å²) in [5, 5.41) is 0. The molecule has 0 unspecified atom stereocenters. The van der Waals surface area contributed by atoms with Gasteiger partial charge in [-0.2, -0.15) is 0 Å². The van der Waals surface area contributed by atoms with Gasteiger partial charge in [0, 0.05) is 5.41 Å². The molecule has 3 heteroatoms. The second-order valence-corrected chi connectivity index (χ2v) is 15.0. The molecule has 0 aliphatic heterocycles. The first-order valence-corrected chi connectivity index (χ1v) is 17.1. The lowest BCUT2D eigenvalue weighted by atomic mass is 9.74. The first kappa shape index (κ1) is 32.6. The van der Waals surface area contributed by atoms with E-state index in [1.165, 1.54) is 73.6 Å². The first-order valence-electron chi connectivity index (χ1n) is 17.1. The van der Waals surface area contributed by atoms with Crippen LogP contribution in [0.4, 0.5) is 0 Å². The number of carbonyl (C=O) groups excluding carboxylic acids is 1. The zero-order chi connectivity index (χ0) is 30.5. The van der Waals surface area contributed by atoms with Crippen molar-refractivity contribution in [2.24, 2.45) is 5.41 Å². The fraction of sp³-hybridized carbons (Fsp3) is 0.667. The van der Waals surface area contributed by atoms with Crippen molar-refractivity contribution in [2.45, 2.75) is 162 Å². The molecule has 4 rings (SSSR count). The van der Waals surface area contributed by atoms with Gasteiger partial charge < -0.3 is 9.47 Å². The average molecular weight is 575 g/mol. The van der Waals surface area contributed by atoms with Crippen molar-refractivity contribution in [3.05, 3.63) is 58.7 Å². The molecular weight excluding hydrogens is 516 g/mol. The van der Waals surface area contributed by atoms with Crippen LogP contribution in [0.1, 0.15) is 173 Å². The summed E-state index contributed by atoms with van der Waals surface area (Å²) in [4.78, 5) is 13.3. The lowest BCUT2D eigenvalue weighted by Crippen LogP contribution is -2.29. The van der Waals surface area contributed by atoms with Gasteiger partial charge in [0.2, 0.25) is 0 Å². The lowest BCUT2D eigenvalue weighted by Gasteiger charge is -2.33. The van der Waals surface area contributed by atoms with E-state index in [4.69, 9.17) is 9.47 Å². The molecular formula is C39H58O3. The largest absolute Gasteiger partial charge is 0.488 e. The van der Waals surface area contributed by atoms with Crippen molar-refractivity contribution in [3.8, 4) is 11.5 Å². The maximum atomic E-state index is 13.3. The zero-order valence-electron chi connectivity index (χ0n) is 28.0. The fourth-order valence-corrected chi connectivity index (χ4v) is 7.03. The van der Waals surface area contributed by atoms with Crippen LogP contribution in [0.25, 0.3) is 0 Å². The summed E-state index contributed by atoms with van der Waals surface area (Å²) in [7, 11) is 0. The third-order valence-electron chi connectivity index (χ3n) is 10.4. The number of esters is 1. The molecule has 0 bridgehead atoms. The van der Waals surface area contributed by atoms with Crippen molar-refractivity contribution >= 4 is 5.97 Å². The summed E-state index contributed by atoms with van der Waals surface area (Å²) in [5.41, 5.74) is 4.35. The number of ether oxygens (including phenoxy) is 2. The van der Waals surface area contributed by atoms with Crippen LogP contribution in [0.5, 0.6) is 11.5 Å². The summed E-state index contributed by atoms with van der Waals surface area (Å²) in [6, 6.07) is 13.6. The minimum absolute atomic E-state index is 0.115. The van der Waals surface area contributed by atoms with Gasteiger partial charge in [0.05, 0.1) is 5.41 Å². The predicted octanol–water partition coefficient (Wildman–Crippen LogP) is 11.4. The van der Waals surface area contributed by atoms with Gasteiger partial charge in [-0.3, -0.25) is 4.79 Å². The maximum absolute atomic E-state index is 13.3. The molecule has 0 heterocycles. The minimum atomic E-state index is -0.484. The van der Waals surface area contributed by atoms with E-state index in [-0.39, 0.29) is 17.0 Å². The molecule has 2 aromatic carbocycles. The summed E-state index contributed by atoms with van der Waals surface area (Å²) < 4.78 is 12.9. The van der Waals surface area contributed by atoms with Crippen LogP contribution >= 0.6 is 0 Å². The Morgan fingerprint density at radius 2 is 1.19 bits per heavy atom. The number of benzene rings is 2. The summed E-state index contributed by atoms with van der Waals surface area (Å²) in [5.74, 6) is 2.72. The highest BCUT2D eigenvalue weighted by Gasteiger charge is 2.33. The normalized spacial score (nSPS) is 17.7. The fourth-order valence-electron chi connectivity index (χ4n) is 7.03. The molecule has 0 atom stereocenters. The zero-order valence-corrected chi connectivity index (χ0v) is 28.0. The van der Waals surface area contributed by atoms with E-state index >= 15 is 0 Å². The second-order valence-electron chi connectivity index (χ2n) is 15.0. The van der Waals surface area contributed by atoms with Gasteiger partial charge in [0.15, 0.2) is 0 Å². The van der Waals surface area contributed by atoms with Crippen LogP contribution in [-0.4, -0.2) is 11.6 Å². The third-order valence-corrected chi connectivity index (χ3v) is 10.4. The Morgan fingerprint density at radius 1 is 0.714 bits per heavy atom. The van der Waals surface area contributed by atoms with Crippen LogP contribution in [0.15, 0.2) is 36.4 Å². The average Bonchev–Trinajstić information content (AvgIpc) is 2.98. The molecule has 232 valence electrons. The van der Waals surface area contributed by atoms with Gasteiger partial charge >= 0.3 is 5.97 Å². The molecule has 0 amide bonds. The van der Waals surface area contributed by atoms with Gasteiger partial charge in [0.25, 0.3) is 0 Å². The van der Waals surface area contributed by atoms with Crippen LogP contribution in [0.3, 0.4) is 0 Å². The summed E-state index contributed by atoms with van der Waals surface area (Å²) in [6.45, 7) is 17.4. The topological polar surface area (TPSA) is 35.5 Å². The Bertz CT molecular complexity index is 1190. The Hall–Kier alpha value is -2.29. The number of rotatable bonds is 11. The van der Waals surface area contributed by atoms with Gasteiger partial charge in [-0.05, 0) is 112 Å². The molecule has 42 heavy (non-hydrogen) atoms. The molecule has 0 aromatic heterocycles. The van der Waals surface area contributed by atoms with Crippen molar-refractivity contribution < 1.29 is 14.3 Å².